The highest BCUT2D eigenvalue weighted by molar-refractivity contribution is 6.18. The first-order valence-electron chi connectivity index (χ1n) is 4.73. The summed E-state index contributed by atoms with van der Waals surface area (Å²) in [7, 11) is 0. The Bertz CT molecular complexity index is 556. The highest BCUT2D eigenvalue weighted by Crippen LogP contribution is 2.39. The van der Waals surface area contributed by atoms with E-state index in [0.29, 0.717) is 6.07 Å². The number of hydrogen-bond donors (Lipinski definition) is 3. The molecule has 0 unspecified atom stereocenters. The van der Waals surface area contributed by atoms with Gasteiger partial charge in [-0.1, -0.05) is 0 Å². The van der Waals surface area contributed by atoms with E-state index in [-0.39, 0.29) is 5.69 Å². The smallest absolute Gasteiger partial charge is 0.416 e. The summed E-state index contributed by atoms with van der Waals surface area (Å²) >= 11 is 0. The summed E-state index contributed by atoms with van der Waals surface area (Å²) in [5.41, 5.74) is 1.42. The van der Waals surface area contributed by atoms with Crippen molar-refractivity contribution in [1.82, 2.24) is 0 Å². The fraction of sp³-hybridized carbons (Fsp3) is 0.200. The number of nitrogens with two attached hydrogens (primary N) is 1. The number of benzene rings is 1. The van der Waals surface area contributed by atoms with Gasteiger partial charge in [0.1, 0.15) is 0 Å². The van der Waals surface area contributed by atoms with Gasteiger partial charge in [-0.15, -0.1) is 0 Å². The number of alkyl halides is 3. The average Bonchev–Trinajstić information content (AvgIpc) is 2.51. The van der Waals surface area contributed by atoms with E-state index in [1.807, 2.05) is 0 Å². The molecular formula is C10H7F3N2O3. The molecule has 1 heterocycles. The number of amides is 1. The molecule has 1 amide bonds. The molecule has 1 aromatic rings. The first kappa shape index (κ1) is 12.4. The van der Waals surface area contributed by atoms with Gasteiger partial charge in [0.15, 0.2) is 0 Å². The number of hydrogen-bond acceptors (Lipinski definition) is 3. The van der Waals surface area contributed by atoms with Gasteiger partial charge in [-0.2, -0.15) is 13.2 Å². The number of anilines is 1. The maximum atomic E-state index is 12.5. The Morgan fingerprint density at radius 3 is 2.50 bits per heavy atom. The molecule has 0 aliphatic carbocycles. The standard InChI is InChI=1S/C10H7F3N2O3/c11-10(12,13)4-1-2-6-5(3-4)9(14,8(17)18)7(16)15-6/h1-3H,14H2,(H,15,16)(H,17,18)/t9-/m0/s1. The Labute approximate surface area is 98.4 Å². The van der Waals surface area contributed by atoms with Crippen LogP contribution in [0.4, 0.5) is 18.9 Å². The lowest BCUT2D eigenvalue weighted by atomic mass is 9.91. The second kappa shape index (κ2) is 3.45. The van der Waals surface area contributed by atoms with Gasteiger partial charge in [0.05, 0.1) is 5.56 Å². The molecule has 0 spiro atoms. The van der Waals surface area contributed by atoms with Crippen molar-refractivity contribution in [2.24, 2.45) is 5.73 Å². The van der Waals surface area contributed by atoms with Crippen LogP contribution in [0.1, 0.15) is 11.1 Å². The van der Waals surface area contributed by atoms with Gasteiger partial charge in [-0.25, -0.2) is 4.79 Å². The van der Waals surface area contributed by atoms with Crippen molar-refractivity contribution < 1.29 is 27.9 Å². The van der Waals surface area contributed by atoms with E-state index in [1.54, 1.807) is 0 Å². The summed E-state index contributed by atoms with van der Waals surface area (Å²) in [4.78, 5) is 22.4. The molecule has 4 N–H and O–H groups in total. The van der Waals surface area contributed by atoms with Crippen molar-refractivity contribution in [1.29, 1.82) is 0 Å². The minimum Gasteiger partial charge on any atom is -0.479 e. The predicted molar refractivity (Wildman–Crippen MR) is 53.6 cm³/mol. The van der Waals surface area contributed by atoms with Crippen LogP contribution in [-0.2, 0) is 21.3 Å². The number of carbonyl (C=O) groups excluding carboxylic acids is 1. The van der Waals surface area contributed by atoms with Crippen LogP contribution in [0.5, 0.6) is 0 Å². The molecule has 96 valence electrons. The molecule has 8 heteroatoms. The molecule has 1 aliphatic heterocycles. The van der Waals surface area contributed by atoms with Crippen LogP contribution in [0.15, 0.2) is 18.2 Å². The minimum absolute atomic E-state index is 0.0297. The monoisotopic (exact) mass is 260 g/mol. The number of carbonyl (C=O) groups is 2. The van der Waals surface area contributed by atoms with Crippen LogP contribution in [0.2, 0.25) is 0 Å². The highest BCUT2D eigenvalue weighted by Gasteiger charge is 2.51. The number of carboxylic acid groups (broad SMARTS) is 1. The molecule has 0 saturated heterocycles. The zero-order chi connectivity index (χ0) is 13.7. The molecule has 1 aliphatic rings. The Kier molecular flexibility index (Phi) is 2.37. The van der Waals surface area contributed by atoms with Crippen LogP contribution >= 0.6 is 0 Å². The number of halogens is 3. The highest BCUT2D eigenvalue weighted by atomic mass is 19.4. The van der Waals surface area contributed by atoms with Crippen LogP contribution in [0.25, 0.3) is 0 Å². The van der Waals surface area contributed by atoms with E-state index in [0.717, 1.165) is 12.1 Å². The summed E-state index contributed by atoms with van der Waals surface area (Å²) in [6.07, 6.45) is -4.64. The van der Waals surface area contributed by atoms with Crippen LogP contribution < -0.4 is 11.1 Å². The van der Waals surface area contributed by atoms with Crippen LogP contribution in [0, 0.1) is 0 Å². The molecule has 1 aromatic carbocycles. The van der Waals surface area contributed by atoms with Crippen molar-refractivity contribution >= 4 is 17.6 Å². The van der Waals surface area contributed by atoms with E-state index < -0.39 is 34.7 Å². The molecule has 0 bridgehead atoms. The summed E-state index contributed by atoms with van der Waals surface area (Å²) in [5, 5.41) is 11.1. The topological polar surface area (TPSA) is 92.4 Å². The summed E-state index contributed by atoms with van der Waals surface area (Å²) < 4.78 is 37.5. The molecule has 2 rings (SSSR count). The van der Waals surface area contributed by atoms with E-state index in [1.165, 1.54) is 0 Å². The molecule has 0 saturated carbocycles. The third-order valence-corrected chi connectivity index (χ3v) is 2.72. The number of carboxylic acids is 1. The molecule has 0 fully saturated rings. The van der Waals surface area contributed by atoms with Gasteiger partial charge in [-0.05, 0) is 18.2 Å². The average molecular weight is 260 g/mol. The zero-order valence-corrected chi connectivity index (χ0v) is 8.71. The molecular weight excluding hydrogens is 253 g/mol. The van der Waals surface area contributed by atoms with Crippen molar-refractivity contribution in [3.05, 3.63) is 29.3 Å². The number of nitrogens with one attached hydrogen (secondary N) is 1. The maximum Gasteiger partial charge on any atom is 0.416 e. The Balaban J connectivity index is 2.64. The van der Waals surface area contributed by atoms with Gasteiger partial charge in [0.25, 0.3) is 5.91 Å². The zero-order valence-electron chi connectivity index (χ0n) is 8.71. The minimum atomic E-state index is -4.64. The van der Waals surface area contributed by atoms with Gasteiger partial charge in [-0.3, -0.25) is 4.79 Å². The van der Waals surface area contributed by atoms with Gasteiger partial charge >= 0.3 is 12.1 Å². The second-order valence-electron chi connectivity index (χ2n) is 3.83. The van der Waals surface area contributed by atoms with Gasteiger partial charge in [0.2, 0.25) is 5.54 Å². The van der Waals surface area contributed by atoms with E-state index >= 15 is 0 Å². The number of fused-ring (bicyclic) bond motifs is 1. The van der Waals surface area contributed by atoms with Crippen molar-refractivity contribution in [2.45, 2.75) is 11.7 Å². The van der Waals surface area contributed by atoms with E-state index in [4.69, 9.17) is 10.8 Å². The lowest BCUT2D eigenvalue weighted by molar-refractivity contribution is -0.147. The van der Waals surface area contributed by atoms with E-state index in [2.05, 4.69) is 5.32 Å². The van der Waals surface area contributed by atoms with Gasteiger partial charge in [0, 0.05) is 11.3 Å². The van der Waals surface area contributed by atoms with Gasteiger partial charge < -0.3 is 16.2 Å². The summed E-state index contributed by atoms with van der Waals surface area (Å²) in [5.74, 6) is -2.78. The molecule has 18 heavy (non-hydrogen) atoms. The molecule has 1 atom stereocenters. The number of aliphatic carboxylic acids is 1. The Hall–Kier alpha value is -2.09. The third kappa shape index (κ3) is 1.53. The SMILES string of the molecule is N[C@]1(C(=O)O)C(=O)Nc2ccc(C(F)(F)F)cc21. The van der Waals surface area contributed by atoms with Crippen LogP contribution in [-0.4, -0.2) is 17.0 Å². The van der Waals surface area contributed by atoms with Crippen molar-refractivity contribution in [3.63, 3.8) is 0 Å². The first-order valence-corrected chi connectivity index (χ1v) is 4.73. The first-order chi connectivity index (χ1) is 8.17. The lowest BCUT2D eigenvalue weighted by Crippen LogP contribution is -2.50. The predicted octanol–water partition coefficient (Wildman–Crippen LogP) is 0.896. The lowest BCUT2D eigenvalue weighted by Gasteiger charge is -2.17. The fourth-order valence-electron chi connectivity index (χ4n) is 1.71. The third-order valence-electron chi connectivity index (χ3n) is 2.72. The second-order valence-corrected chi connectivity index (χ2v) is 3.83. The Morgan fingerprint density at radius 1 is 1.39 bits per heavy atom. The maximum absolute atomic E-state index is 12.5. The molecule has 0 radical (unpaired) electrons. The normalized spacial score (nSPS) is 22.6. The molecule has 5 nitrogen and oxygen atoms in total. The van der Waals surface area contributed by atoms with E-state index in [9.17, 15) is 22.8 Å². The summed E-state index contributed by atoms with van der Waals surface area (Å²) in [6.45, 7) is 0. The fourth-order valence-corrected chi connectivity index (χ4v) is 1.71. The van der Waals surface area contributed by atoms with Crippen LogP contribution in [0.3, 0.4) is 0 Å². The molecule has 0 aromatic heterocycles. The van der Waals surface area contributed by atoms with Crippen molar-refractivity contribution in [2.75, 3.05) is 5.32 Å². The Morgan fingerprint density at radius 2 is 2.00 bits per heavy atom. The number of rotatable bonds is 1. The summed E-state index contributed by atoms with van der Waals surface area (Å²) in [6, 6.07) is 2.29. The largest absolute Gasteiger partial charge is 0.479 e. The quantitative estimate of drug-likeness (QED) is 0.654. The van der Waals surface area contributed by atoms with Crippen molar-refractivity contribution in [3.8, 4) is 0 Å².